The van der Waals surface area contributed by atoms with Gasteiger partial charge in [0.1, 0.15) is 11.5 Å². The van der Waals surface area contributed by atoms with E-state index in [1.807, 2.05) is 27.7 Å². The minimum atomic E-state index is -0.761. The summed E-state index contributed by atoms with van der Waals surface area (Å²) in [5.41, 5.74) is 7.53. The van der Waals surface area contributed by atoms with E-state index in [4.69, 9.17) is 24.5 Å². The molecule has 0 atom stereocenters. The third-order valence-corrected chi connectivity index (χ3v) is 4.46. The van der Waals surface area contributed by atoms with Crippen molar-refractivity contribution in [2.24, 2.45) is 10.8 Å². The molecule has 136 valence electrons. The second-order valence-electron chi connectivity index (χ2n) is 6.66. The molecule has 2 amide bonds. The van der Waals surface area contributed by atoms with Gasteiger partial charge in [0.2, 0.25) is 0 Å². The van der Waals surface area contributed by atoms with Crippen LogP contribution in [0.1, 0.15) is 33.3 Å². The van der Waals surface area contributed by atoms with Crippen LogP contribution >= 0.6 is 0 Å². The number of nitrogens with two attached hydrogens (primary N) is 1. The van der Waals surface area contributed by atoms with E-state index >= 15 is 0 Å². The van der Waals surface area contributed by atoms with Crippen LogP contribution in [0.4, 0.5) is 4.79 Å². The van der Waals surface area contributed by atoms with Crippen LogP contribution in [0.2, 0.25) is 0 Å². The summed E-state index contributed by atoms with van der Waals surface area (Å²) >= 11 is 0. The molecule has 9 heteroatoms. The van der Waals surface area contributed by atoms with Gasteiger partial charge in [-0.25, -0.2) is 10.2 Å². The maximum absolute atomic E-state index is 10.8. The fourth-order valence-corrected chi connectivity index (χ4v) is 2.36. The maximum Gasteiger partial charge on any atom is 0.495 e. The van der Waals surface area contributed by atoms with Gasteiger partial charge in [-0.3, -0.25) is 0 Å². The summed E-state index contributed by atoms with van der Waals surface area (Å²) in [4.78, 5) is 10.8. The Morgan fingerprint density at radius 1 is 1.16 bits per heavy atom. The molecule has 0 bridgehead atoms. The number of hydrazone groups is 1. The van der Waals surface area contributed by atoms with Crippen molar-refractivity contribution < 1.29 is 23.6 Å². The van der Waals surface area contributed by atoms with Crippen molar-refractivity contribution in [3.63, 3.8) is 0 Å². The van der Waals surface area contributed by atoms with Gasteiger partial charge >= 0.3 is 13.1 Å². The van der Waals surface area contributed by atoms with Crippen molar-refractivity contribution in [2.45, 2.75) is 38.9 Å². The van der Waals surface area contributed by atoms with E-state index in [-0.39, 0.29) is 0 Å². The predicted octanol–water partition coefficient (Wildman–Crippen LogP) is 1.01. The van der Waals surface area contributed by atoms with E-state index in [2.05, 4.69) is 10.5 Å². The molecule has 1 aliphatic heterocycles. The first-order valence-corrected chi connectivity index (χ1v) is 7.81. The quantitative estimate of drug-likeness (QED) is 0.469. The van der Waals surface area contributed by atoms with Crippen LogP contribution in [0.5, 0.6) is 11.5 Å². The second kappa shape index (κ2) is 6.93. The van der Waals surface area contributed by atoms with Crippen molar-refractivity contribution in [1.29, 1.82) is 0 Å². The number of hydrogen-bond acceptors (Lipinski definition) is 6. The van der Waals surface area contributed by atoms with E-state index in [1.165, 1.54) is 20.4 Å². The smallest absolute Gasteiger partial charge is 0.495 e. The number of methoxy groups -OCH3 is 2. The number of rotatable bonds is 5. The van der Waals surface area contributed by atoms with E-state index in [9.17, 15) is 4.79 Å². The minimum Gasteiger partial charge on any atom is -0.496 e. The van der Waals surface area contributed by atoms with Crippen LogP contribution in [0.15, 0.2) is 17.2 Å². The zero-order valence-corrected chi connectivity index (χ0v) is 15.4. The first-order chi connectivity index (χ1) is 11.6. The molecular weight excluding hydrogens is 325 g/mol. The molecule has 0 spiro atoms. The van der Waals surface area contributed by atoms with Crippen LogP contribution in [0.3, 0.4) is 0 Å². The van der Waals surface area contributed by atoms with Crippen LogP contribution in [-0.4, -0.2) is 44.8 Å². The summed E-state index contributed by atoms with van der Waals surface area (Å²) < 4.78 is 23.0. The summed E-state index contributed by atoms with van der Waals surface area (Å²) in [6.07, 6.45) is 1.40. The number of primary amides is 1. The monoisotopic (exact) mass is 349 g/mol. The van der Waals surface area contributed by atoms with Crippen molar-refractivity contribution in [3.05, 3.63) is 17.7 Å². The molecule has 0 unspecified atom stereocenters. The number of nitrogens with one attached hydrogen (secondary N) is 1. The Hall–Kier alpha value is -2.26. The molecule has 8 nitrogen and oxygen atoms in total. The van der Waals surface area contributed by atoms with Crippen molar-refractivity contribution in [1.82, 2.24) is 5.43 Å². The number of nitrogens with zero attached hydrogens (tertiary/aromatic N) is 1. The largest absolute Gasteiger partial charge is 0.496 e. The number of carbonyl (C=O) groups is 1. The average Bonchev–Trinajstić information content (AvgIpc) is 2.74. The highest BCUT2D eigenvalue weighted by molar-refractivity contribution is 6.62. The van der Waals surface area contributed by atoms with Gasteiger partial charge in [-0.2, -0.15) is 5.10 Å². The first-order valence-electron chi connectivity index (χ1n) is 7.81. The van der Waals surface area contributed by atoms with E-state index < -0.39 is 24.4 Å². The van der Waals surface area contributed by atoms with Gasteiger partial charge in [0.05, 0.1) is 37.2 Å². The molecule has 0 aromatic heterocycles. The van der Waals surface area contributed by atoms with Crippen LogP contribution in [-0.2, 0) is 9.31 Å². The first kappa shape index (κ1) is 19.1. The second-order valence-corrected chi connectivity index (χ2v) is 6.66. The van der Waals surface area contributed by atoms with Crippen LogP contribution in [0, 0.1) is 0 Å². The molecule has 1 aromatic carbocycles. The topological polar surface area (TPSA) is 104 Å². The van der Waals surface area contributed by atoms with E-state index in [0.717, 1.165) is 5.46 Å². The number of carbonyl (C=O) groups excluding carboxylic acids is 1. The summed E-state index contributed by atoms with van der Waals surface area (Å²) in [6, 6.07) is 2.81. The summed E-state index contributed by atoms with van der Waals surface area (Å²) in [5.74, 6) is 0.998. The standard InChI is InChI=1S/C16H24BN3O5/c1-15(2)16(3,4)25-17(24-15)10-7-12(22-5)11(13(8-10)23-6)9-19-20-14(18)21/h7-9H,1-6H3,(H3,18,20,21). The van der Waals surface area contributed by atoms with Gasteiger partial charge in [0.15, 0.2) is 0 Å². The zero-order chi connectivity index (χ0) is 18.8. The number of amides is 2. The summed E-state index contributed by atoms with van der Waals surface area (Å²) in [5, 5.41) is 3.76. The summed E-state index contributed by atoms with van der Waals surface area (Å²) in [7, 11) is 2.51. The van der Waals surface area contributed by atoms with Crippen molar-refractivity contribution in [2.75, 3.05) is 14.2 Å². The van der Waals surface area contributed by atoms with Gasteiger partial charge < -0.3 is 24.5 Å². The fourth-order valence-electron chi connectivity index (χ4n) is 2.36. The van der Waals surface area contributed by atoms with Crippen LogP contribution in [0.25, 0.3) is 0 Å². The molecule has 1 fully saturated rings. The SMILES string of the molecule is COc1cc(B2OC(C)(C)C(C)(C)O2)cc(OC)c1C=NNC(N)=O. The molecule has 25 heavy (non-hydrogen) atoms. The molecule has 0 saturated carbocycles. The highest BCUT2D eigenvalue weighted by atomic mass is 16.7. The predicted molar refractivity (Wildman–Crippen MR) is 95.6 cm³/mol. The number of benzene rings is 1. The number of hydrogen-bond donors (Lipinski definition) is 2. The van der Waals surface area contributed by atoms with Gasteiger partial charge in [0, 0.05) is 0 Å². The lowest BCUT2D eigenvalue weighted by atomic mass is 9.78. The van der Waals surface area contributed by atoms with Gasteiger partial charge in [-0.05, 0) is 45.3 Å². The van der Waals surface area contributed by atoms with Crippen molar-refractivity contribution in [3.8, 4) is 11.5 Å². The molecular formula is C16H24BN3O5. The molecule has 2 rings (SSSR count). The molecule has 0 aliphatic carbocycles. The number of urea groups is 1. The lowest BCUT2D eigenvalue weighted by molar-refractivity contribution is 0.00578. The number of ether oxygens (including phenoxy) is 2. The highest BCUT2D eigenvalue weighted by Gasteiger charge is 2.52. The Morgan fingerprint density at radius 3 is 2.04 bits per heavy atom. The molecule has 1 aliphatic rings. The summed E-state index contributed by atoms with van der Waals surface area (Å²) in [6.45, 7) is 7.94. The third kappa shape index (κ3) is 3.88. The van der Waals surface area contributed by atoms with E-state index in [1.54, 1.807) is 12.1 Å². The van der Waals surface area contributed by atoms with Gasteiger partial charge in [-0.1, -0.05) is 0 Å². The highest BCUT2D eigenvalue weighted by Crippen LogP contribution is 2.37. The molecule has 1 heterocycles. The normalized spacial score (nSPS) is 18.4. The van der Waals surface area contributed by atoms with Gasteiger partial charge in [0.25, 0.3) is 0 Å². The lowest BCUT2D eigenvalue weighted by Gasteiger charge is -2.32. The minimum absolute atomic E-state index is 0.455. The third-order valence-electron chi connectivity index (χ3n) is 4.46. The average molecular weight is 349 g/mol. The molecule has 1 saturated heterocycles. The Bertz CT molecular complexity index is 649. The van der Waals surface area contributed by atoms with E-state index in [0.29, 0.717) is 17.1 Å². The van der Waals surface area contributed by atoms with Crippen molar-refractivity contribution >= 4 is 24.8 Å². The fraction of sp³-hybridized carbons (Fsp3) is 0.500. The maximum atomic E-state index is 10.8. The Labute approximate surface area is 147 Å². The van der Waals surface area contributed by atoms with Gasteiger partial charge in [-0.15, -0.1) is 0 Å². The molecule has 0 radical (unpaired) electrons. The Kier molecular flexibility index (Phi) is 5.29. The molecule has 3 N–H and O–H groups in total. The Morgan fingerprint density at radius 2 is 1.64 bits per heavy atom. The van der Waals surface area contributed by atoms with Crippen LogP contribution < -0.4 is 26.1 Å². The molecule has 1 aromatic rings. The zero-order valence-electron chi connectivity index (χ0n) is 15.4. The lowest BCUT2D eigenvalue weighted by Crippen LogP contribution is -2.41. The Balaban J connectivity index is 2.40.